The highest BCUT2D eigenvalue weighted by Crippen LogP contribution is 2.34. The molecule has 3 heterocycles. The summed E-state index contributed by atoms with van der Waals surface area (Å²) in [6, 6.07) is 14.1. The molecule has 1 fully saturated rings. The predicted molar refractivity (Wildman–Crippen MR) is 146 cm³/mol. The maximum Gasteiger partial charge on any atom is 0.222 e. The summed E-state index contributed by atoms with van der Waals surface area (Å²) < 4.78 is 13.1. The summed E-state index contributed by atoms with van der Waals surface area (Å²) in [5.74, 6) is 1.70. The van der Waals surface area contributed by atoms with Crippen LogP contribution in [0.25, 0.3) is 22.3 Å². The molecule has 8 nitrogen and oxygen atoms in total. The minimum Gasteiger partial charge on any atom is -0.497 e. The molecule has 0 N–H and O–H groups in total. The average Bonchev–Trinajstić information content (AvgIpc) is 3.37. The topological polar surface area (TPSA) is 72.7 Å². The number of likely N-dealkylation sites (tertiary alicyclic amines) is 1. The first-order valence-electron chi connectivity index (χ1n) is 12.7. The standard InChI is InChI=1S/C29H33N5O3/c1-32-14-10-21(20-32)28-19-30-26-9-8-22(17-27(26)31-28)34(13-6-12-33-11-5-4-7-29(33)35)23-15-24(36-2)18-25(16-23)37-3/h8-10,14-20H,4-7,11-13H2,1-3H3. The lowest BCUT2D eigenvalue weighted by Gasteiger charge is -2.30. The van der Waals surface area contributed by atoms with Gasteiger partial charge >= 0.3 is 0 Å². The van der Waals surface area contributed by atoms with Crippen molar-refractivity contribution in [1.82, 2.24) is 19.4 Å². The number of benzene rings is 2. The number of hydrogen-bond acceptors (Lipinski definition) is 6. The maximum absolute atomic E-state index is 12.3. The number of piperidine rings is 1. The van der Waals surface area contributed by atoms with Gasteiger partial charge < -0.3 is 23.8 Å². The number of aryl methyl sites for hydroxylation is 1. The van der Waals surface area contributed by atoms with Crippen molar-refractivity contribution in [2.24, 2.45) is 7.05 Å². The highest BCUT2D eigenvalue weighted by atomic mass is 16.5. The van der Waals surface area contributed by atoms with Crippen LogP contribution in [0.3, 0.4) is 0 Å². The lowest BCUT2D eigenvalue weighted by Crippen LogP contribution is -2.37. The van der Waals surface area contributed by atoms with Crippen LogP contribution in [0.2, 0.25) is 0 Å². The number of aromatic nitrogens is 3. The first kappa shape index (κ1) is 24.6. The molecule has 37 heavy (non-hydrogen) atoms. The van der Waals surface area contributed by atoms with E-state index in [-0.39, 0.29) is 5.91 Å². The molecule has 0 spiro atoms. The molecule has 1 aliphatic rings. The van der Waals surface area contributed by atoms with Crippen molar-refractivity contribution >= 4 is 28.3 Å². The molecule has 0 unspecified atom stereocenters. The molecular weight excluding hydrogens is 466 g/mol. The van der Waals surface area contributed by atoms with Gasteiger partial charge in [-0.3, -0.25) is 9.78 Å². The summed E-state index contributed by atoms with van der Waals surface area (Å²) in [6.07, 6.45) is 9.42. The quantitative estimate of drug-likeness (QED) is 0.315. The zero-order valence-electron chi connectivity index (χ0n) is 21.7. The van der Waals surface area contributed by atoms with Crippen molar-refractivity contribution in [2.45, 2.75) is 25.7 Å². The molecule has 0 bridgehead atoms. The molecule has 0 radical (unpaired) electrons. The Bertz CT molecular complexity index is 1380. The molecule has 1 saturated heterocycles. The largest absolute Gasteiger partial charge is 0.497 e. The third-order valence-electron chi connectivity index (χ3n) is 6.84. The molecule has 8 heteroatoms. The van der Waals surface area contributed by atoms with Crippen LogP contribution < -0.4 is 14.4 Å². The number of carbonyl (C=O) groups is 1. The minimum absolute atomic E-state index is 0.260. The number of ether oxygens (including phenoxy) is 2. The van der Waals surface area contributed by atoms with E-state index in [9.17, 15) is 4.79 Å². The van der Waals surface area contributed by atoms with Crippen LogP contribution in [0.1, 0.15) is 25.7 Å². The van der Waals surface area contributed by atoms with E-state index >= 15 is 0 Å². The zero-order valence-corrected chi connectivity index (χ0v) is 21.7. The maximum atomic E-state index is 12.3. The molecule has 5 rings (SSSR count). The molecule has 1 aliphatic heterocycles. The van der Waals surface area contributed by atoms with E-state index in [1.807, 2.05) is 65.4 Å². The fraction of sp³-hybridized carbons (Fsp3) is 0.345. The average molecular weight is 500 g/mol. The SMILES string of the molecule is COc1cc(OC)cc(N(CCCN2CCCCC2=O)c2ccc3ncc(-c4ccn(C)c4)nc3c2)c1. The van der Waals surface area contributed by atoms with E-state index in [2.05, 4.69) is 22.0 Å². The van der Waals surface area contributed by atoms with Crippen LogP contribution in [0.15, 0.2) is 61.1 Å². The summed E-state index contributed by atoms with van der Waals surface area (Å²) in [6.45, 7) is 2.30. The number of fused-ring (bicyclic) bond motifs is 1. The van der Waals surface area contributed by atoms with Gasteiger partial charge in [0, 0.05) is 80.6 Å². The Morgan fingerprint density at radius 3 is 2.49 bits per heavy atom. The highest BCUT2D eigenvalue weighted by molar-refractivity contribution is 5.83. The smallest absolute Gasteiger partial charge is 0.222 e. The Kier molecular flexibility index (Phi) is 7.25. The second kappa shape index (κ2) is 10.9. The van der Waals surface area contributed by atoms with Crippen molar-refractivity contribution in [2.75, 3.05) is 38.8 Å². The van der Waals surface area contributed by atoms with Gasteiger partial charge in [-0.25, -0.2) is 4.98 Å². The molecule has 2 aromatic carbocycles. The fourth-order valence-electron chi connectivity index (χ4n) is 4.84. The van der Waals surface area contributed by atoms with Crippen molar-refractivity contribution in [3.63, 3.8) is 0 Å². The van der Waals surface area contributed by atoms with E-state index in [4.69, 9.17) is 14.5 Å². The number of rotatable bonds is 9. The highest BCUT2D eigenvalue weighted by Gasteiger charge is 2.19. The van der Waals surface area contributed by atoms with E-state index in [0.717, 1.165) is 84.1 Å². The molecule has 192 valence electrons. The third kappa shape index (κ3) is 5.53. The summed E-state index contributed by atoms with van der Waals surface area (Å²) >= 11 is 0. The molecule has 4 aromatic rings. The molecular formula is C29H33N5O3. The van der Waals surface area contributed by atoms with Crippen LogP contribution >= 0.6 is 0 Å². The second-order valence-electron chi connectivity index (χ2n) is 9.41. The Morgan fingerprint density at radius 2 is 1.78 bits per heavy atom. The Labute approximate surface area is 217 Å². The van der Waals surface area contributed by atoms with Gasteiger partial charge in [0.05, 0.1) is 37.1 Å². The van der Waals surface area contributed by atoms with Gasteiger partial charge in [0.1, 0.15) is 11.5 Å². The van der Waals surface area contributed by atoms with Gasteiger partial charge in [-0.1, -0.05) is 0 Å². The van der Waals surface area contributed by atoms with Gasteiger partial charge in [-0.2, -0.15) is 0 Å². The van der Waals surface area contributed by atoms with Crippen molar-refractivity contribution < 1.29 is 14.3 Å². The summed E-state index contributed by atoms with van der Waals surface area (Å²) in [5.41, 5.74) is 5.47. The molecule has 0 atom stereocenters. The Hall–Kier alpha value is -4.07. The molecule has 2 aromatic heterocycles. The zero-order chi connectivity index (χ0) is 25.8. The molecule has 0 saturated carbocycles. The summed E-state index contributed by atoms with van der Waals surface area (Å²) in [5, 5.41) is 0. The Balaban J connectivity index is 1.49. The monoisotopic (exact) mass is 499 g/mol. The van der Waals surface area contributed by atoms with Crippen LogP contribution in [0.5, 0.6) is 11.5 Å². The van der Waals surface area contributed by atoms with Crippen LogP contribution in [0, 0.1) is 0 Å². The normalized spacial score (nSPS) is 13.7. The van der Waals surface area contributed by atoms with Gasteiger partial charge in [0.2, 0.25) is 5.91 Å². The van der Waals surface area contributed by atoms with E-state index in [1.54, 1.807) is 14.2 Å². The number of methoxy groups -OCH3 is 2. The van der Waals surface area contributed by atoms with Gasteiger partial charge in [0.15, 0.2) is 0 Å². The summed E-state index contributed by atoms with van der Waals surface area (Å²) in [4.78, 5) is 26.1. The number of hydrogen-bond donors (Lipinski definition) is 0. The number of amides is 1. The van der Waals surface area contributed by atoms with Crippen molar-refractivity contribution in [1.29, 1.82) is 0 Å². The minimum atomic E-state index is 0.260. The molecule has 1 amide bonds. The van der Waals surface area contributed by atoms with Crippen LogP contribution in [-0.4, -0.2) is 59.2 Å². The number of nitrogens with zero attached hydrogens (tertiary/aromatic N) is 5. The first-order chi connectivity index (χ1) is 18.0. The van der Waals surface area contributed by atoms with E-state index < -0.39 is 0 Å². The van der Waals surface area contributed by atoms with E-state index in [0.29, 0.717) is 6.42 Å². The number of anilines is 2. The lowest BCUT2D eigenvalue weighted by molar-refractivity contribution is -0.133. The van der Waals surface area contributed by atoms with Crippen LogP contribution in [0.4, 0.5) is 11.4 Å². The van der Waals surface area contributed by atoms with Crippen molar-refractivity contribution in [3.05, 3.63) is 61.1 Å². The second-order valence-corrected chi connectivity index (χ2v) is 9.41. The lowest BCUT2D eigenvalue weighted by atomic mass is 10.1. The number of carbonyl (C=O) groups excluding carboxylic acids is 1. The summed E-state index contributed by atoms with van der Waals surface area (Å²) in [7, 11) is 5.30. The van der Waals surface area contributed by atoms with Gasteiger partial charge in [-0.15, -0.1) is 0 Å². The van der Waals surface area contributed by atoms with Crippen molar-refractivity contribution in [3.8, 4) is 22.8 Å². The third-order valence-corrected chi connectivity index (χ3v) is 6.84. The van der Waals surface area contributed by atoms with Gasteiger partial charge in [0.25, 0.3) is 0 Å². The van der Waals surface area contributed by atoms with Gasteiger partial charge in [-0.05, 0) is 43.5 Å². The molecule has 0 aliphatic carbocycles. The first-order valence-corrected chi connectivity index (χ1v) is 12.7. The van der Waals surface area contributed by atoms with E-state index in [1.165, 1.54) is 0 Å². The predicted octanol–water partition coefficient (Wildman–Crippen LogP) is 5.19. The fourth-order valence-corrected chi connectivity index (χ4v) is 4.84. The Morgan fingerprint density at radius 1 is 0.973 bits per heavy atom. The van der Waals surface area contributed by atoms with Crippen LogP contribution in [-0.2, 0) is 11.8 Å².